The quantitative estimate of drug-likeness (QED) is 0.0303. The van der Waals surface area contributed by atoms with E-state index < -0.39 is 30.0 Å². The minimum Gasteiger partial charge on any atom is -1.00 e. The van der Waals surface area contributed by atoms with Gasteiger partial charge in [-0.1, -0.05) is 394 Å². The van der Waals surface area contributed by atoms with Crippen molar-refractivity contribution < 1.29 is 172 Å². The smallest absolute Gasteiger partial charge is 1.00 e. The molecule has 0 atom stereocenters. The van der Waals surface area contributed by atoms with Gasteiger partial charge < -0.3 is 25.4 Å². The van der Waals surface area contributed by atoms with Gasteiger partial charge in [0.05, 0.1) is 39.0 Å². The van der Waals surface area contributed by atoms with E-state index in [4.69, 9.17) is 49.3 Å². The summed E-state index contributed by atoms with van der Waals surface area (Å²) < 4.78 is 45.5. The maximum absolute atomic E-state index is 15.6. The van der Waals surface area contributed by atoms with E-state index in [-0.39, 0.29) is 163 Å². The van der Waals surface area contributed by atoms with Gasteiger partial charge in [0.1, 0.15) is 11.6 Å². The number of nitrogens with zero attached hydrogens (tertiary/aromatic N) is 10. The van der Waals surface area contributed by atoms with E-state index in [1.165, 1.54) is 23.3 Å². The summed E-state index contributed by atoms with van der Waals surface area (Å²) in [5.41, 5.74) is 27.2. The molecule has 0 aliphatic carbocycles. The van der Waals surface area contributed by atoms with Gasteiger partial charge in [0, 0.05) is 49.7 Å². The molecule has 150 heavy (non-hydrogen) atoms. The molecule has 1 saturated heterocycles. The van der Waals surface area contributed by atoms with Crippen LogP contribution in [0.15, 0.2) is 491 Å². The van der Waals surface area contributed by atoms with Gasteiger partial charge in [-0.15, -0.1) is 0 Å². The molecule has 0 saturated carbocycles. The molecule has 1 aliphatic rings. The number of halogens is 2. The Hall–Kier alpha value is -14.6. The van der Waals surface area contributed by atoms with E-state index in [0.717, 1.165) is 144 Å². The third-order valence-corrected chi connectivity index (χ3v) is 26.5. The molecule has 0 amide bonds. The van der Waals surface area contributed by atoms with Gasteiger partial charge in [-0.2, -0.15) is 0 Å². The van der Waals surface area contributed by atoms with Crippen molar-refractivity contribution in [2.24, 2.45) is 0 Å². The predicted molar refractivity (Wildman–Crippen MR) is 590 cm³/mol. The van der Waals surface area contributed by atoms with Crippen molar-refractivity contribution in [3.05, 3.63) is 503 Å². The number of hydrogen-bond donors (Lipinski definition) is 0. The summed E-state index contributed by atoms with van der Waals surface area (Å²) in [5.74, 6) is 3.47. The third-order valence-electron chi connectivity index (χ3n) is 26.5. The van der Waals surface area contributed by atoms with Crippen LogP contribution in [0.4, 0.5) is 8.78 Å². The van der Waals surface area contributed by atoms with Gasteiger partial charge in [-0.3, -0.25) is 4.79 Å². The van der Waals surface area contributed by atoms with Crippen LogP contribution < -0.4 is 149 Å². The molecule has 714 valence electrons. The second-order valence-electron chi connectivity index (χ2n) is 36.7. The molecule has 20 heteroatoms. The average molecular weight is 2190 g/mol. The number of carbonyl (C=O) groups excluding carboxylic acids is 1. The molecule has 19 aromatic carbocycles. The zero-order valence-corrected chi connectivity index (χ0v) is 95.7. The van der Waals surface area contributed by atoms with E-state index in [2.05, 4.69) is 285 Å². The Morgan fingerprint density at radius 3 is 0.727 bits per heavy atom. The Labute approximate surface area is 988 Å². The van der Waals surface area contributed by atoms with Crippen LogP contribution in [0.25, 0.3) is 219 Å². The molecule has 1 fully saturated rings. The van der Waals surface area contributed by atoms with E-state index >= 15 is 8.78 Å². The number of rotatable bonds is 20. The Morgan fingerprint density at radius 2 is 0.453 bits per heavy atom. The monoisotopic (exact) mass is 2190 g/mol. The second kappa shape index (κ2) is 47.9. The fourth-order valence-corrected chi connectivity index (χ4v) is 18.3. The first kappa shape index (κ1) is 104. The molecule has 4 aromatic heterocycles. The molecule has 0 spiro atoms. The Bertz CT molecular complexity index is 8270. The van der Waals surface area contributed by atoms with Crippen molar-refractivity contribution in [3.63, 3.8) is 0 Å². The molecular weight excluding hydrogens is 2100 g/mol. The zero-order valence-electron chi connectivity index (χ0n) is 84.2. The van der Waals surface area contributed by atoms with Crippen molar-refractivity contribution in [2.75, 3.05) is 0 Å². The fraction of sp³-hybridized carbons (Fsp3) is 0.0462. The van der Waals surface area contributed by atoms with Gasteiger partial charge >= 0.3 is 145 Å². The SMILES string of the molecule is CC1(C)OB(c2ccc(F)c(-c3nc(-c4ccccc4)nc(-c4ccccc4)n3)c2)OC1(C)C.Fc1ccc(-c2cc(-c3ccccc3)cc(-c3ccccc3)c2)cc1-c1nc(-c2ccccc2)nc(-c2ccccc2)n1.O=CO[O-].[Cs+].[Cs+].[H-].c1ccc(-c2cc(-c3ccccc3)cc(-c3ccc(-n4c5ccc(-c6ccccc6)cc5c5cc(-c6ccccc6)ccc54)c(-c4nc(-c5ccccc5)nc(-c5ccccc5)n4)c3)c2)cc1. The van der Waals surface area contributed by atoms with Crippen LogP contribution in [0.5, 0.6) is 0 Å². The summed E-state index contributed by atoms with van der Waals surface area (Å²) in [4.78, 5) is 55.3. The summed E-state index contributed by atoms with van der Waals surface area (Å²) in [6.07, 6.45) is 0. The van der Waals surface area contributed by atoms with Crippen molar-refractivity contribution in [1.29, 1.82) is 0 Å². The summed E-state index contributed by atoms with van der Waals surface area (Å²) in [7, 11) is -0.617. The summed E-state index contributed by atoms with van der Waals surface area (Å²) in [6, 6.07) is 166. The van der Waals surface area contributed by atoms with Crippen LogP contribution in [0.2, 0.25) is 0 Å². The van der Waals surface area contributed by atoms with Crippen LogP contribution >= 0.6 is 0 Å². The maximum Gasteiger partial charge on any atom is 1.00 e. The van der Waals surface area contributed by atoms with Crippen LogP contribution in [-0.2, 0) is 19.0 Å². The predicted octanol–water partition coefficient (Wildman–Crippen LogP) is 24.2. The molecule has 5 heterocycles. The van der Waals surface area contributed by atoms with Gasteiger partial charge in [0.15, 0.2) is 52.4 Å². The molecule has 24 rings (SSSR count). The van der Waals surface area contributed by atoms with Crippen molar-refractivity contribution >= 4 is 40.9 Å². The minimum absolute atomic E-state index is 0. The van der Waals surface area contributed by atoms with Crippen LogP contribution in [0.3, 0.4) is 0 Å². The van der Waals surface area contributed by atoms with Crippen molar-refractivity contribution in [3.8, 4) is 197 Å². The van der Waals surface area contributed by atoms with E-state index in [9.17, 15) is 0 Å². The molecule has 15 nitrogen and oxygen atoms in total. The standard InChI is InChI=1S/C63H42N4.C39H26FN3.C27H25BFN3O2.CH2O3.2Cs.H/c1-7-19-43(20-8-1)49-31-34-58-55(40-49)56-41-50(44-21-9-2-10-22-44)32-35-59(56)67(58)60-36-33-51(54-38-52(45-23-11-3-12-24-45)37-53(39-54)46-25-13-4-14-26-46)42-57(60)63-65-61(47-27-15-5-16-28-47)64-62(66-63)48-29-17-6-18-30-48;40-36-22-21-31(34-24-32(27-13-5-1-6-14-27)23-33(25-34)28-15-7-2-8-16-28)26-35(36)39-42-37(29-17-9-3-10-18-29)41-38(43-39)30-19-11-4-12-20-30;1-26(2)27(3,4)34-28(33-26)20-15-16-22(29)21(17-20)25-31-23(18-11-7-5-8-12-18)30-24(32-25)19-13-9-6-10-14-19;2-1-4-3;;;/h1-42H;1-26H;5-17H,1-4H3;1,3H;;;/q;;;;2*+1;-1/p-1. The number of hydrogen-bond acceptors (Lipinski definition) is 14. The van der Waals surface area contributed by atoms with Gasteiger partial charge in [0.25, 0.3) is 6.47 Å². The van der Waals surface area contributed by atoms with Crippen LogP contribution in [0.1, 0.15) is 29.1 Å². The summed E-state index contributed by atoms with van der Waals surface area (Å²) in [5, 5.41) is 10.8. The molecule has 0 N–H and O–H groups in total. The van der Waals surface area contributed by atoms with E-state index in [1.54, 1.807) is 12.1 Å². The topological polar surface area (TPSA) is 189 Å². The maximum atomic E-state index is 15.6. The van der Waals surface area contributed by atoms with Crippen molar-refractivity contribution in [1.82, 2.24) is 49.4 Å². The van der Waals surface area contributed by atoms with Crippen molar-refractivity contribution in [2.45, 2.75) is 38.9 Å². The number of aromatic nitrogens is 10. The van der Waals surface area contributed by atoms with Gasteiger partial charge in [0.2, 0.25) is 0 Å². The summed E-state index contributed by atoms with van der Waals surface area (Å²) >= 11 is 0. The molecule has 0 bridgehead atoms. The Kier molecular flexibility index (Phi) is 33.2. The molecule has 23 aromatic rings. The molecular formula is C130H95BCs2F2N10O5. The van der Waals surface area contributed by atoms with Gasteiger partial charge in [-0.25, -0.2) is 53.6 Å². The third kappa shape index (κ3) is 23.7. The first-order valence-electron chi connectivity index (χ1n) is 48.7. The largest absolute Gasteiger partial charge is 1.00 e. The minimum atomic E-state index is -0.617. The summed E-state index contributed by atoms with van der Waals surface area (Å²) in [6.45, 7) is 7.77. The first-order chi connectivity index (χ1) is 72.6. The van der Waals surface area contributed by atoms with E-state index in [1.807, 2.05) is 234 Å². The van der Waals surface area contributed by atoms with Crippen LogP contribution in [0, 0.1) is 11.6 Å². The number of fused-ring (bicyclic) bond motifs is 3. The first-order valence-corrected chi connectivity index (χ1v) is 48.7. The number of benzene rings is 19. The number of carbonyl (C=O) groups is 1. The fourth-order valence-electron chi connectivity index (χ4n) is 18.3. The Balaban J connectivity index is 0.000000153. The second-order valence-corrected chi connectivity index (χ2v) is 36.7. The molecule has 1 aliphatic heterocycles. The Morgan fingerprint density at radius 1 is 0.247 bits per heavy atom. The van der Waals surface area contributed by atoms with Crippen LogP contribution in [-0.4, -0.2) is 74.2 Å². The zero-order chi connectivity index (χ0) is 101. The molecule has 0 radical (unpaired) electrons. The average Bonchev–Trinajstić information content (AvgIpc) is 1.57. The molecule has 0 unspecified atom stereocenters. The normalized spacial score (nSPS) is 12.1. The van der Waals surface area contributed by atoms with E-state index in [0.29, 0.717) is 51.8 Å². The van der Waals surface area contributed by atoms with Gasteiger partial charge in [-0.05, 0) is 219 Å².